The van der Waals surface area contributed by atoms with E-state index in [1.807, 2.05) is 24.3 Å². The van der Waals surface area contributed by atoms with Crippen LogP contribution >= 0.6 is 0 Å². The van der Waals surface area contributed by atoms with Gasteiger partial charge in [-0.15, -0.1) is 0 Å². The third-order valence-corrected chi connectivity index (χ3v) is 6.72. The van der Waals surface area contributed by atoms with Crippen molar-refractivity contribution in [2.75, 3.05) is 6.61 Å². The molecule has 0 saturated heterocycles. The molecule has 3 atom stereocenters. The number of hydrogen-bond acceptors (Lipinski definition) is 4. The molecule has 2 amide bonds. The van der Waals surface area contributed by atoms with Gasteiger partial charge in [-0.25, -0.2) is 4.79 Å². The summed E-state index contributed by atoms with van der Waals surface area (Å²) in [6, 6.07) is 15.2. The van der Waals surface area contributed by atoms with Crippen molar-refractivity contribution < 1.29 is 24.2 Å². The number of benzene rings is 2. The van der Waals surface area contributed by atoms with Gasteiger partial charge in [-0.3, -0.25) is 9.59 Å². The average molecular weight is 447 g/mol. The van der Waals surface area contributed by atoms with Gasteiger partial charge in [0, 0.05) is 12.0 Å². The Balaban J connectivity index is 1.20. The quantitative estimate of drug-likeness (QED) is 0.565. The number of carboxylic acid groups (broad SMARTS) is 1. The number of ether oxygens (including phenoxy) is 1. The fourth-order valence-corrected chi connectivity index (χ4v) is 4.86. The number of alkyl carbamates (subject to hydrolysis) is 1. The van der Waals surface area contributed by atoms with E-state index in [1.54, 1.807) is 12.2 Å². The maximum atomic E-state index is 12.8. The van der Waals surface area contributed by atoms with Gasteiger partial charge in [0.25, 0.3) is 0 Å². The third-order valence-electron chi connectivity index (χ3n) is 6.72. The Morgan fingerprint density at radius 3 is 2.18 bits per heavy atom. The van der Waals surface area contributed by atoms with Crippen molar-refractivity contribution in [1.29, 1.82) is 0 Å². The molecule has 5 rings (SSSR count). The van der Waals surface area contributed by atoms with Crippen LogP contribution in [0.3, 0.4) is 0 Å². The summed E-state index contributed by atoms with van der Waals surface area (Å²) in [7, 11) is 0. The van der Waals surface area contributed by atoms with E-state index in [4.69, 9.17) is 9.84 Å². The number of amides is 2. The minimum atomic E-state index is -0.904. The van der Waals surface area contributed by atoms with Gasteiger partial charge < -0.3 is 20.5 Å². The first-order chi connectivity index (χ1) is 16.0. The van der Waals surface area contributed by atoms with Crippen LogP contribution in [0.5, 0.6) is 0 Å². The summed E-state index contributed by atoms with van der Waals surface area (Å²) in [6.07, 6.45) is 4.73. The summed E-state index contributed by atoms with van der Waals surface area (Å²) in [6.45, 7) is 0.185. The fourth-order valence-electron chi connectivity index (χ4n) is 4.86. The van der Waals surface area contributed by atoms with E-state index in [9.17, 15) is 14.4 Å². The average Bonchev–Trinajstić information content (AvgIpc) is 3.46. The van der Waals surface area contributed by atoms with Crippen molar-refractivity contribution in [2.45, 2.75) is 37.3 Å². The molecule has 0 spiro atoms. The molecule has 3 N–H and O–H groups in total. The van der Waals surface area contributed by atoms with E-state index in [0.717, 1.165) is 35.1 Å². The Labute approximate surface area is 191 Å². The number of rotatable bonds is 7. The first-order valence-corrected chi connectivity index (χ1v) is 11.3. The largest absolute Gasteiger partial charge is 0.481 e. The molecule has 3 unspecified atom stereocenters. The standard InChI is InChI=1S/C26H26N2O5/c29-24(27-17-12-11-16(13-17)25(30)31)23(15-9-10-15)28-26(32)33-14-22-20-7-3-1-5-18(20)19-6-2-4-8-21(19)22/h1-8,11-12,15-17,22-23H,9-10,13-14H2,(H,27,29)(H,28,32)(H,30,31). The number of carbonyl (C=O) groups is 3. The molecule has 0 heterocycles. The molecule has 0 bridgehead atoms. The van der Waals surface area contributed by atoms with E-state index >= 15 is 0 Å². The number of nitrogens with one attached hydrogen (secondary N) is 2. The number of fused-ring (bicyclic) bond motifs is 3. The Bertz CT molecular complexity index is 1080. The summed E-state index contributed by atoms with van der Waals surface area (Å²) in [5.41, 5.74) is 4.57. The normalized spacial score (nSPS) is 21.7. The minimum Gasteiger partial charge on any atom is -0.481 e. The molecular weight excluding hydrogens is 420 g/mol. The first kappa shape index (κ1) is 21.2. The molecule has 1 fully saturated rings. The smallest absolute Gasteiger partial charge is 0.407 e. The van der Waals surface area contributed by atoms with E-state index in [1.165, 1.54) is 0 Å². The van der Waals surface area contributed by atoms with Crippen molar-refractivity contribution >= 4 is 18.0 Å². The lowest BCUT2D eigenvalue weighted by Crippen LogP contribution is -2.50. The first-order valence-electron chi connectivity index (χ1n) is 11.3. The second-order valence-corrected chi connectivity index (χ2v) is 8.97. The van der Waals surface area contributed by atoms with Crippen LogP contribution in [-0.4, -0.2) is 41.8 Å². The molecule has 1 saturated carbocycles. The molecule has 170 valence electrons. The molecule has 0 radical (unpaired) electrons. The van der Waals surface area contributed by atoms with Gasteiger partial charge in [-0.1, -0.05) is 60.7 Å². The second-order valence-electron chi connectivity index (χ2n) is 8.97. The number of carboxylic acids is 1. The highest BCUT2D eigenvalue weighted by Crippen LogP contribution is 2.44. The predicted octanol–water partition coefficient (Wildman–Crippen LogP) is 3.45. The molecule has 3 aliphatic rings. The Kier molecular flexibility index (Phi) is 5.62. The molecule has 33 heavy (non-hydrogen) atoms. The summed E-state index contributed by atoms with van der Waals surface area (Å²) in [4.78, 5) is 36.6. The van der Waals surface area contributed by atoms with Gasteiger partial charge in [-0.2, -0.15) is 0 Å². The predicted molar refractivity (Wildman–Crippen MR) is 122 cm³/mol. The summed E-state index contributed by atoms with van der Waals surface area (Å²) in [5.74, 6) is -1.77. The highest BCUT2D eigenvalue weighted by Gasteiger charge is 2.39. The monoisotopic (exact) mass is 446 g/mol. The zero-order valence-electron chi connectivity index (χ0n) is 18.1. The lowest BCUT2D eigenvalue weighted by molar-refractivity contribution is -0.140. The van der Waals surface area contributed by atoms with Crippen molar-refractivity contribution in [3.63, 3.8) is 0 Å². The van der Waals surface area contributed by atoms with Crippen molar-refractivity contribution in [2.24, 2.45) is 11.8 Å². The van der Waals surface area contributed by atoms with Gasteiger partial charge in [-0.05, 0) is 47.4 Å². The molecule has 2 aromatic rings. The van der Waals surface area contributed by atoms with Crippen LogP contribution in [-0.2, 0) is 14.3 Å². The Hall–Kier alpha value is -3.61. The maximum absolute atomic E-state index is 12.8. The molecule has 0 aromatic heterocycles. The second kappa shape index (κ2) is 8.73. The van der Waals surface area contributed by atoms with E-state index in [-0.39, 0.29) is 30.4 Å². The van der Waals surface area contributed by atoms with Crippen molar-refractivity contribution in [1.82, 2.24) is 10.6 Å². The Morgan fingerprint density at radius 2 is 1.61 bits per heavy atom. The van der Waals surface area contributed by atoms with E-state index in [0.29, 0.717) is 6.42 Å². The minimum absolute atomic E-state index is 0.0482. The van der Waals surface area contributed by atoms with Gasteiger partial charge in [0.15, 0.2) is 0 Å². The number of hydrogen-bond donors (Lipinski definition) is 3. The van der Waals surface area contributed by atoms with Gasteiger partial charge >= 0.3 is 12.1 Å². The molecule has 2 aromatic carbocycles. The summed E-state index contributed by atoms with van der Waals surface area (Å²) in [5, 5.41) is 14.7. The van der Waals surface area contributed by atoms with Crippen LogP contribution in [0.4, 0.5) is 4.79 Å². The fraction of sp³-hybridized carbons (Fsp3) is 0.346. The molecule has 0 aliphatic heterocycles. The summed E-state index contributed by atoms with van der Waals surface area (Å²) >= 11 is 0. The van der Waals surface area contributed by atoms with Gasteiger partial charge in [0.1, 0.15) is 12.6 Å². The van der Waals surface area contributed by atoms with Crippen LogP contribution in [0, 0.1) is 11.8 Å². The lowest BCUT2D eigenvalue weighted by Gasteiger charge is -2.21. The summed E-state index contributed by atoms with van der Waals surface area (Å²) < 4.78 is 5.60. The van der Waals surface area contributed by atoms with E-state index < -0.39 is 24.0 Å². The molecule has 7 nitrogen and oxygen atoms in total. The van der Waals surface area contributed by atoms with Crippen molar-refractivity contribution in [3.8, 4) is 11.1 Å². The SMILES string of the molecule is O=C(NC(C(=O)NC1C=CC(C(=O)O)C1)C1CC1)OCC1c2ccccc2-c2ccccc21. The third kappa shape index (κ3) is 4.35. The van der Waals surface area contributed by atoms with Gasteiger partial charge in [0.2, 0.25) is 5.91 Å². The zero-order valence-corrected chi connectivity index (χ0v) is 18.1. The Morgan fingerprint density at radius 1 is 0.970 bits per heavy atom. The van der Waals surface area contributed by atoms with Crippen LogP contribution in [0.15, 0.2) is 60.7 Å². The van der Waals surface area contributed by atoms with Crippen LogP contribution < -0.4 is 10.6 Å². The molecular formula is C26H26N2O5. The van der Waals surface area contributed by atoms with Crippen LogP contribution in [0.1, 0.15) is 36.3 Å². The highest BCUT2D eigenvalue weighted by atomic mass is 16.5. The molecule has 7 heteroatoms. The van der Waals surface area contributed by atoms with Crippen molar-refractivity contribution in [3.05, 3.63) is 71.8 Å². The van der Waals surface area contributed by atoms with E-state index in [2.05, 4.69) is 34.9 Å². The van der Waals surface area contributed by atoms with Crippen LogP contribution in [0.25, 0.3) is 11.1 Å². The topological polar surface area (TPSA) is 105 Å². The maximum Gasteiger partial charge on any atom is 0.407 e. The zero-order chi connectivity index (χ0) is 22.9. The number of carbonyl (C=O) groups excluding carboxylic acids is 2. The van der Waals surface area contributed by atoms with Crippen LogP contribution in [0.2, 0.25) is 0 Å². The number of aliphatic carboxylic acids is 1. The highest BCUT2D eigenvalue weighted by molar-refractivity contribution is 5.87. The van der Waals surface area contributed by atoms with Gasteiger partial charge in [0.05, 0.1) is 5.92 Å². The lowest BCUT2D eigenvalue weighted by atomic mass is 9.98. The molecule has 3 aliphatic carbocycles.